The number of non-ortho nitro benzene ring substituents is 1. The minimum atomic E-state index is -0.796. The van der Waals surface area contributed by atoms with Crippen molar-refractivity contribution in [3.8, 4) is 0 Å². The van der Waals surface area contributed by atoms with E-state index in [1.165, 1.54) is 18.5 Å². The van der Waals surface area contributed by atoms with Crippen LogP contribution < -0.4 is 10.6 Å². The molecule has 0 radical (unpaired) electrons. The van der Waals surface area contributed by atoms with E-state index in [1.54, 1.807) is 6.07 Å². The Labute approximate surface area is 124 Å². The first-order valence-electron chi connectivity index (χ1n) is 6.65. The molecule has 0 spiro atoms. The maximum Gasteiger partial charge on any atom is 0.404 e. The Kier molecular flexibility index (Phi) is 3.45. The fourth-order valence-corrected chi connectivity index (χ4v) is 2.58. The van der Waals surface area contributed by atoms with Crippen molar-refractivity contribution in [2.24, 2.45) is 5.73 Å². The van der Waals surface area contributed by atoms with E-state index < -0.39 is 11.0 Å². The van der Waals surface area contributed by atoms with Gasteiger partial charge in [0.25, 0.3) is 5.69 Å². The first-order valence-corrected chi connectivity index (χ1v) is 6.65. The SMILES string of the molecule is NC(=O)OC1CCN(c2ncnc3cc([N+](=O)[O-])ccc23)C1. The van der Waals surface area contributed by atoms with Gasteiger partial charge in [0, 0.05) is 30.5 Å². The molecular weight excluding hydrogens is 290 g/mol. The Morgan fingerprint density at radius 1 is 1.45 bits per heavy atom. The van der Waals surface area contributed by atoms with Gasteiger partial charge in [-0.15, -0.1) is 0 Å². The van der Waals surface area contributed by atoms with E-state index >= 15 is 0 Å². The van der Waals surface area contributed by atoms with Crippen molar-refractivity contribution in [3.63, 3.8) is 0 Å². The topological polar surface area (TPSA) is 124 Å². The first kappa shape index (κ1) is 14.0. The monoisotopic (exact) mass is 303 g/mol. The number of nitrogens with zero attached hydrogens (tertiary/aromatic N) is 4. The number of amides is 1. The van der Waals surface area contributed by atoms with E-state index in [4.69, 9.17) is 10.5 Å². The largest absolute Gasteiger partial charge is 0.444 e. The maximum atomic E-state index is 10.8. The second-order valence-corrected chi connectivity index (χ2v) is 4.95. The smallest absolute Gasteiger partial charge is 0.404 e. The molecule has 1 aliphatic rings. The van der Waals surface area contributed by atoms with Crippen LogP contribution in [0.5, 0.6) is 0 Å². The lowest BCUT2D eigenvalue weighted by Crippen LogP contribution is -2.27. The van der Waals surface area contributed by atoms with E-state index in [9.17, 15) is 14.9 Å². The van der Waals surface area contributed by atoms with Crippen LogP contribution >= 0.6 is 0 Å². The standard InChI is InChI=1S/C13H13N5O4/c14-13(19)22-9-3-4-17(6-9)12-10-2-1-8(18(20)21)5-11(10)15-7-16-12/h1-2,5,7,9H,3-4,6H2,(H2,14,19). The number of nitro benzene ring substituents is 1. The van der Waals surface area contributed by atoms with Crippen molar-refractivity contribution >= 4 is 28.5 Å². The normalized spacial score (nSPS) is 17.6. The summed E-state index contributed by atoms with van der Waals surface area (Å²) in [5.41, 5.74) is 5.50. The van der Waals surface area contributed by atoms with Gasteiger partial charge < -0.3 is 15.4 Å². The molecule has 2 N–H and O–H groups in total. The lowest BCUT2D eigenvalue weighted by molar-refractivity contribution is -0.384. The highest BCUT2D eigenvalue weighted by molar-refractivity contribution is 5.90. The van der Waals surface area contributed by atoms with Crippen LogP contribution in [0.25, 0.3) is 10.9 Å². The van der Waals surface area contributed by atoms with Gasteiger partial charge >= 0.3 is 6.09 Å². The van der Waals surface area contributed by atoms with Gasteiger partial charge in [0.15, 0.2) is 0 Å². The third kappa shape index (κ3) is 2.60. The quantitative estimate of drug-likeness (QED) is 0.667. The number of anilines is 1. The van der Waals surface area contributed by atoms with Crippen LogP contribution in [0.1, 0.15) is 6.42 Å². The van der Waals surface area contributed by atoms with Crippen LogP contribution in [0.3, 0.4) is 0 Å². The number of hydrogen-bond donors (Lipinski definition) is 1. The summed E-state index contributed by atoms with van der Waals surface area (Å²) in [5, 5.41) is 11.5. The van der Waals surface area contributed by atoms with E-state index in [-0.39, 0.29) is 11.8 Å². The van der Waals surface area contributed by atoms with Crippen LogP contribution in [0.2, 0.25) is 0 Å². The number of hydrogen-bond acceptors (Lipinski definition) is 7. The Hall–Kier alpha value is -2.97. The van der Waals surface area contributed by atoms with Gasteiger partial charge in [-0.25, -0.2) is 14.8 Å². The highest BCUT2D eigenvalue weighted by Crippen LogP contribution is 2.28. The minimum Gasteiger partial charge on any atom is -0.444 e. The zero-order valence-corrected chi connectivity index (χ0v) is 11.5. The molecule has 114 valence electrons. The number of rotatable bonds is 3. The molecule has 0 bridgehead atoms. The number of fused-ring (bicyclic) bond motifs is 1. The Morgan fingerprint density at radius 2 is 2.27 bits per heavy atom. The Morgan fingerprint density at radius 3 is 3.00 bits per heavy atom. The zero-order valence-electron chi connectivity index (χ0n) is 11.5. The molecule has 1 fully saturated rings. The third-order valence-corrected chi connectivity index (χ3v) is 3.54. The summed E-state index contributed by atoms with van der Waals surface area (Å²) in [5.74, 6) is 0.662. The molecule has 1 aromatic heterocycles. The molecule has 1 amide bonds. The fourth-order valence-electron chi connectivity index (χ4n) is 2.58. The van der Waals surface area contributed by atoms with Crippen molar-refractivity contribution in [1.29, 1.82) is 0 Å². The van der Waals surface area contributed by atoms with Crippen molar-refractivity contribution in [1.82, 2.24) is 9.97 Å². The van der Waals surface area contributed by atoms with Crippen LogP contribution in [0, 0.1) is 10.1 Å². The van der Waals surface area contributed by atoms with Gasteiger partial charge in [0.2, 0.25) is 0 Å². The van der Waals surface area contributed by atoms with Gasteiger partial charge in [0.1, 0.15) is 18.2 Å². The van der Waals surface area contributed by atoms with Crippen LogP contribution in [-0.2, 0) is 4.74 Å². The summed E-state index contributed by atoms with van der Waals surface area (Å²) in [6.07, 6.45) is 0.945. The molecule has 3 rings (SSSR count). The van der Waals surface area contributed by atoms with Crippen molar-refractivity contribution in [3.05, 3.63) is 34.6 Å². The van der Waals surface area contributed by atoms with Crippen molar-refractivity contribution in [2.45, 2.75) is 12.5 Å². The molecule has 1 unspecified atom stereocenters. The van der Waals surface area contributed by atoms with Gasteiger partial charge in [-0.3, -0.25) is 10.1 Å². The number of primary amides is 1. The van der Waals surface area contributed by atoms with Crippen LogP contribution in [0.15, 0.2) is 24.5 Å². The molecule has 0 saturated carbocycles. The predicted octanol–water partition coefficient (Wildman–Crippen LogP) is 1.21. The molecule has 2 aromatic rings. The second kappa shape index (κ2) is 5.43. The Balaban J connectivity index is 1.91. The average Bonchev–Trinajstić information content (AvgIpc) is 2.93. The van der Waals surface area contributed by atoms with E-state index in [2.05, 4.69) is 9.97 Å². The number of nitro groups is 1. The number of carbonyl (C=O) groups is 1. The summed E-state index contributed by atoms with van der Waals surface area (Å²) >= 11 is 0. The van der Waals surface area contributed by atoms with Gasteiger partial charge in [-0.05, 0) is 6.07 Å². The molecule has 2 heterocycles. The summed E-state index contributed by atoms with van der Waals surface area (Å²) in [6.45, 7) is 1.13. The molecule has 22 heavy (non-hydrogen) atoms. The summed E-state index contributed by atoms with van der Waals surface area (Å²) in [6, 6.07) is 4.46. The van der Waals surface area contributed by atoms with Gasteiger partial charge in [-0.2, -0.15) is 0 Å². The number of aromatic nitrogens is 2. The second-order valence-electron chi connectivity index (χ2n) is 4.95. The molecule has 9 nitrogen and oxygen atoms in total. The molecular formula is C13H13N5O4. The third-order valence-electron chi connectivity index (χ3n) is 3.54. The minimum absolute atomic E-state index is 0.0199. The first-order chi connectivity index (χ1) is 10.5. The summed E-state index contributed by atoms with van der Waals surface area (Å²) in [7, 11) is 0. The lowest BCUT2D eigenvalue weighted by Gasteiger charge is -2.18. The average molecular weight is 303 g/mol. The van der Waals surface area contributed by atoms with Gasteiger partial charge in [-0.1, -0.05) is 0 Å². The number of benzene rings is 1. The molecule has 9 heteroatoms. The number of ether oxygens (including phenoxy) is 1. The lowest BCUT2D eigenvalue weighted by atomic mass is 10.2. The molecule has 1 atom stereocenters. The van der Waals surface area contributed by atoms with E-state index in [0.717, 1.165) is 0 Å². The molecule has 1 aromatic carbocycles. The van der Waals surface area contributed by atoms with Gasteiger partial charge in [0.05, 0.1) is 17.0 Å². The molecule has 0 aliphatic carbocycles. The predicted molar refractivity (Wildman–Crippen MR) is 77.5 cm³/mol. The summed E-state index contributed by atoms with van der Waals surface area (Å²) < 4.78 is 4.99. The van der Waals surface area contributed by atoms with Crippen LogP contribution in [-0.4, -0.2) is 40.2 Å². The zero-order chi connectivity index (χ0) is 15.7. The summed E-state index contributed by atoms with van der Waals surface area (Å²) in [4.78, 5) is 31.4. The Bertz CT molecular complexity index is 750. The maximum absolute atomic E-state index is 10.8. The molecule has 1 aliphatic heterocycles. The van der Waals surface area contributed by atoms with Crippen molar-refractivity contribution in [2.75, 3.05) is 18.0 Å². The van der Waals surface area contributed by atoms with Crippen molar-refractivity contribution < 1.29 is 14.5 Å². The fraction of sp³-hybridized carbons (Fsp3) is 0.308. The van der Waals surface area contributed by atoms with E-state index in [0.29, 0.717) is 36.2 Å². The highest BCUT2D eigenvalue weighted by Gasteiger charge is 2.27. The van der Waals surface area contributed by atoms with Crippen LogP contribution in [0.4, 0.5) is 16.3 Å². The molecule has 1 saturated heterocycles. The number of carbonyl (C=O) groups excluding carboxylic acids is 1. The number of nitrogens with two attached hydrogens (primary N) is 1. The highest BCUT2D eigenvalue weighted by atomic mass is 16.6. The van der Waals surface area contributed by atoms with E-state index in [1.807, 2.05) is 4.90 Å².